The first-order chi connectivity index (χ1) is 8.94. The van der Waals surface area contributed by atoms with Crippen molar-refractivity contribution in [3.63, 3.8) is 0 Å². The smallest absolute Gasteiger partial charge is 0.209 e. The largest absolute Gasteiger partial charge is 0.312 e. The van der Waals surface area contributed by atoms with Gasteiger partial charge in [-0.2, -0.15) is 0 Å². The van der Waals surface area contributed by atoms with Crippen molar-refractivity contribution in [1.82, 2.24) is 10.0 Å². The summed E-state index contributed by atoms with van der Waals surface area (Å²) in [7, 11) is -3.15. The molecule has 19 heavy (non-hydrogen) atoms. The first kappa shape index (κ1) is 15.2. The number of hydrogen-bond donors (Lipinski definition) is 2. The molecule has 0 saturated carbocycles. The van der Waals surface area contributed by atoms with Gasteiger partial charge in [-0.05, 0) is 66.1 Å². The lowest BCUT2D eigenvalue weighted by Gasteiger charge is -2.32. The minimum atomic E-state index is -3.15. The Labute approximate surface area is 128 Å². The van der Waals surface area contributed by atoms with Crippen LogP contribution in [-0.2, 0) is 16.4 Å². The zero-order valence-corrected chi connectivity index (χ0v) is 13.9. The molecule has 0 aromatic heterocycles. The van der Waals surface area contributed by atoms with Crippen molar-refractivity contribution in [2.75, 3.05) is 12.8 Å². The summed E-state index contributed by atoms with van der Waals surface area (Å²) in [6.07, 6.45) is 3.98. The third kappa shape index (κ3) is 5.02. The fourth-order valence-corrected chi connectivity index (χ4v) is 3.94. The van der Waals surface area contributed by atoms with E-state index in [9.17, 15) is 8.42 Å². The van der Waals surface area contributed by atoms with Crippen LogP contribution in [0.15, 0.2) is 24.3 Å². The molecule has 1 fully saturated rings. The van der Waals surface area contributed by atoms with Gasteiger partial charge in [-0.3, -0.25) is 0 Å². The molecule has 106 valence electrons. The topological polar surface area (TPSA) is 58.2 Å². The zero-order chi connectivity index (χ0) is 13.9. The Kier molecular flexibility index (Phi) is 5.22. The Morgan fingerprint density at radius 2 is 2.26 bits per heavy atom. The first-order valence-corrected chi connectivity index (χ1v) is 9.36. The van der Waals surface area contributed by atoms with E-state index in [-0.39, 0.29) is 12.1 Å². The van der Waals surface area contributed by atoms with Crippen molar-refractivity contribution < 1.29 is 8.42 Å². The van der Waals surface area contributed by atoms with E-state index < -0.39 is 10.0 Å². The van der Waals surface area contributed by atoms with E-state index in [1.807, 2.05) is 6.07 Å². The monoisotopic (exact) mass is 394 g/mol. The highest BCUT2D eigenvalue weighted by molar-refractivity contribution is 14.1. The maximum Gasteiger partial charge on any atom is 0.209 e. The average Bonchev–Trinajstić information content (AvgIpc) is 2.30. The molecule has 1 heterocycles. The van der Waals surface area contributed by atoms with Crippen molar-refractivity contribution in [3.8, 4) is 0 Å². The van der Waals surface area contributed by atoms with Gasteiger partial charge in [0.1, 0.15) is 0 Å². The molecule has 1 saturated heterocycles. The summed E-state index contributed by atoms with van der Waals surface area (Å²) < 4.78 is 26.8. The molecule has 0 radical (unpaired) electrons. The van der Waals surface area contributed by atoms with Crippen LogP contribution >= 0.6 is 22.6 Å². The molecule has 0 spiro atoms. The van der Waals surface area contributed by atoms with Gasteiger partial charge in [0.25, 0.3) is 0 Å². The summed E-state index contributed by atoms with van der Waals surface area (Å²) in [4.78, 5) is 0. The zero-order valence-electron chi connectivity index (χ0n) is 10.9. The Bertz CT molecular complexity index is 533. The molecule has 0 amide bonds. The summed E-state index contributed by atoms with van der Waals surface area (Å²) in [5.74, 6) is 0. The van der Waals surface area contributed by atoms with E-state index in [2.05, 4.69) is 50.8 Å². The Morgan fingerprint density at radius 1 is 1.47 bits per heavy atom. The normalized spacial score (nSPS) is 24.3. The molecule has 1 aliphatic rings. The van der Waals surface area contributed by atoms with Gasteiger partial charge in [-0.15, -0.1) is 0 Å². The van der Waals surface area contributed by atoms with E-state index >= 15 is 0 Å². The molecule has 0 aliphatic carbocycles. The Balaban J connectivity index is 2.07. The molecule has 0 bridgehead atoms. The van der Waals surface area contributed by atoms with Crippen molar-refractivity contribution >= 4 is 32.6 Å². The molecule has 1 aromatic rings. The van der Waals surface area contributed by atoms with Gasteiger partial charge in [-0.25, -0.2) is 13.1 Å². The molecule has 2 atom stereocenters. The molecule has 0 unspecified atom stereocenters. The molecule has 2 N–H and O–H groups in total. The van der Waals surface area contributed by atoms with Crippen LogP contribution in [0.4, 0.5) is 0 Å². The summed E-state index contributed by atoms with van der Waals surface area (Å²) in [6, 6.07) is 8.50. The predicted molar refractivity (Wildman–Crippen MR) is 85.7 cm³/mol. The van der Waals surface area contributed by atoms with Crippen molar-refractivity contribution in [2.24, 2.45) is 0 Å². The van der Waals surface area contributed by atoms with Crippen LogP contribution in [0.5, 0.6) is 0 Å². The van der Waals surface area contributed by atoms with Gasteiger partial charge in [-0.1, -0.05) is 12.1 Å². The number of piperidine rings is 1. The molecule has 1 aromatic carbocycles. The second-order valence-electron chi connectivity index (χ2n) is 5.03. The van der Waals surface area contributed by atoms with Crippen LogP contribution in [-0.4, -0.2) is 33.3 Å². The summed E-state index contributed by atoms with van der Waals surface area (Å²) in [5, 5.41) is 3.43. The number of nitrogens with one attached hydrogen (secondary N) is 2. The van der Waals surface area contributed by atoms with E-state index in [4.69, 9.17) is 0 Å². The second-order valence-corrected chi connectivity index (χ2v) is 8.06. The maximum absolute atomic E-state index is 11.4. The second kappa shape index (κ2) is 6.51. The molecule has 6 heteroatoms. The van der Waals surface area contributed by atoms with Crippen LogP contribution in [0, 0.1) is 3.57 Å². The van der Waals surface area contributed by atoms with E-state index in [1.165, 1.54) is 15.4 Å². The molecule has 2 rings (SSSR count). The number of hydrogen-bond acceptors (Lipinski definition) is 3. The number of sulfonamides is 1. The van der Waals surface area contributed by atoms with E-state index in [0.717, 1.165) is 25.8 Å². The summed E-state index contributed by atoms with van der Waals surface area (Å²) >= 11 is 2.30. The summed E-state index contributed by atoms with van der Waals surface area (Å²) in [6.45, 7) is 0.955. The lowest BCUT2D eigenvalue weighted by molar-refractivity contribution is 0.329. The predicted octanol–water partition coefficient (Wildman–Crippen LogP) is 1.50. The first-order valence-electron chi connectivity index (χ1n) is 6.39. The standard InChI is InChI=1S/C13H19IN2O2S/c1-19(17,18)16-12-6-3-7-15-13(12)9-10-4-2-5-11(14)8-10/h2,4-5,8,12-13,15-16H,3,6-7,9H2,1H3/t12-,13-/m1/s1. The van der Waals surface area contributed by atoms with Crippen LogP contribution in [0.3, 0.4) is 0 Å². The third-order valence-corrected chi connectivity index (χ3v) is 4.70. The lowest BCUT2D eigenvalue weighted by Crippen LogP contribution is -2.54. The van der Waals surface area contributed by atoms with Crippen LogP contribution in [0.1, 0.15) is 18.4 Å². The fraction of sp³-hybridized carbons (Fsp3) is 0.538. The third-order valence-electron chi connectivity index (χ3n) is 3.29. The van der Waals surface area contributed by atoms with Gasteiger partial charge in [0.05, 0.1) is 6.26 Å². The fourth-order valence-electron chi connectivity index (χ4n) is 2.50. The van der Waals surface area contributed by atoms with Gasteiger partial charge in [0, 0.05) is 15.7 Å². The molecular formula is C13H19IN2O2S. The van der Waals surface area contributed by atoms with Crippen LogP contribution in [0.25, 0.3) is 0 Å². The molecular weight excluding hydrogens is 375 g/mol. The minimum absolute atomic E-state index is 0.0124. The highest BCUT2D eigenvalue weighted by Gasteiger charge is 2.27. The van der Waals surface area contributed by atoms with E-state index in [1.54, 1.807) is 0 Å². The van der Waals surface area contributed by atoms with Crippen LogP contribution < -0.4 is 10.0 Å². The lowest BCUT2D eigenvalue weighted by atomic mass is 9.93. The Morgan fingerprint density at radius 3 is 2.95 bits per heavy atom. The number of benzene rings is 1. The average molecular weight is 394 g/mol. The van der Waals surface area contributed by atoms with Gasteiger partial charge >= 0.3 is 0 Å². The summed E-state index contributed by atoms with van der Waals surface area (Å²) in [5.41, 5.74) is 1.24. The van der Waals surface area contributed by atoms with E-state index in [0.29, 0.717) is 0 Å². The van der Waals surface area contributed by atoms with Gasteiger partial charge in [0.15, 0.2) is 0 Å². The minimum Gasteiger partial charge on any atom is -0.312 e. The SMILES string of the molecule is CS(=O)(=O)N[C@@H]1CCCN[C@@H]1Cc1cccc(I)c1. The van der Waals surface area contributed by atoms with Crippen molar-refractivity contribution in [1.29, 1.82) is 0 Å². The maximum atomic E-state index is 11.4. The van der Waals surface area contributed by atoms with Crippen LogP contribution in [0.2, 0.25) is 0 Å². The molecule has 4 nitrogen and oxygen atoms in total. The quantitative estimate of drug-likeness (QED) is 0.762. The highest BCUT2D eigenvalue weighted by atomic mass is 127. The highest BCUT2D eigenvalue weighted by Crippen LogP contribution is 2.16. The molecule has 1 aliphatic heterocycles. The van der Waals surface area contributed by atoms with Crippen molar-refractivity contribution in [2.45, 2.75) is 31.3 Å². The number of halogens is 1. The number of rotatable bonds is 4. The van der Waals surface area contributed by atoms with Crippen molar-refractivity contribution in [3.05, 3.63) is 33.4 Å². The van der Waals surface area contributed by atoms with Gasteiger partial charge < -0.3 is 5.32 Å². The Hall–Kier alpha value is -0.180. The van der Waals surface area contributed by atoms with Gasteiger partial charge in [0.2, 0.25) is 10.0 Å².